The highest BCUT2D eigenvalue weighted by Gasteiger charge is 2.27. The van der Waals surface area contributed by atoms with Crippen LogP contribution in [0.5, 0.6) is 0 Å². The molecule has 0 bridgehead atoms. The fourth-order valence-electron chi connectivity index (χ4n) is 8.68. The van der Waals surface area contributed by atoms with E-state index in [0.717, 1.165) is 0 Å². The van der Waals surface area contributed by atoms with Gasteiger partial charge in [-0.15, -0.1) is 0 Å². The molecule has 0 fully saturated rings. The molecule has 7 aromatic carbocycles. The summed E-state index contributed by atoms with van der Waals surface area (Å²) in [7, 11) is 0. The van der Waals surface area contributed by atoms with Crippen molar-refractivity contribution in [1.29, 1.82) is 0 Å². The van der Waals surface area contributed by atoms with E-state index >= 15 is 0 Å². The zero-order valence-corrected chi connectivity index (χ0v) is 27.2. The van der Waals surface area contributed by atoms with Crippen molar-refractivity contribution in [2.75, 3.05) is 0 Å². The summed E-state index contributed by atoms with van der Waals surface area (Å²) in [6, 6.07) is 53.1. The van der Waals surface area contributed by atoms with E-state index in [1.165, 1.54) is 99.2 Å². The van der Waals surface area contributed by atoms with Crippen molar-refractivity contribution < 1.29 is 0 Å². The monoisotopic (exact) mass is 615 g/mol. The van der Waals surface area contributed by atoms with Gasteiger partial charge in [0.25, 0.3) is 0 Å². The number of hydrogen-bond donors (Lipinski definition) is 0. The zero-order chi connectivity index (χ0) is 32.1. The van der Waals surface area contributed by atoms with Gasteiger partial charge < -0.3 is 13.7 Å². The van der Waals surface area contributed by atoms with E-state index in [1.54, 1.807) is 0 Å². The van der Waals surface area contributed by atoms with Gasteiger partial charge in [0.2, 0.25) is 0 Å². The van der Waals surface area contributed by atoms with Crippen LogP contribution in [0.25, 0.3) is 82.5 Å². The van der Waals surface area contributed by atoms with Crippen LogP contribution in [0.2, 0.25) is 0 Å². The van der Waals surface area contributed by atoms with Gasteiger partial charge in [-0.3, -0.25) is 0 Å². The first kappa shape index (κ1) is 27.1. The molecular weight excluding hydrogens is 583 g/mol. The van der Waals surface area contributed by atoms with Crippen molar-refractivity contribution in [3.8, 4) is 17.1 Å². The average Bonchev–Trinajstić information content (AvgIpc) is 3.76. The third kappa shape index (κ3) is 3.48. The molecule has 0 spiro atoms. The minimum atomic E-state index is 1.22. The van der Waals surface area contributed by atoms with Crippen molar-refractivity contribution >= 4 is 65.4 Å². The number of hydrogen-bond acceptors (Lipinski definition) is 0. The molecule has 0 aliphatic carbocycles. The lowest BCUT2D eigenvalue weighted by molar-refractivity contribution is 1.02. The molecule has 0 amide bonds. The molecule has 3 nitrogen and oxygen atoms in total. The normalized spacial score (nSPS) is 12.1. The fraction of sp³-hybridized carbons (Fsp3) is 0.0667. The maximum atomic E-state index is 2.52. The first-order valence-electron chi connectivity index (χ1n) is 16.7. The van der Waals surface area contributed by atoms with Crippen molar-refractivity contribution in [2.45, 2.75) is 20.8 Å². The number of aromatic nitrogens is 3. The second-order valence-electron chi connectivity index (χ2n) is 13.0. The van der Waals surface area contributed by atoms with E-state index in [-0.39, 0.29) is 0 Å². The molecule has 0 saturated carbocycles. The minimum absolute atomic E-state index is 1.22. The van der Waals surface area contributed by atoms with Crippen LogP contribution < -0.4 is 0 Å². The van der Waals surface area contributed by atoms with Gasteiger partial charge in [0, 0.05) is 32.3 Å². The molecule has 3 heterocycles. The van der Waals surface area contributed by atoms with Gasteiger partial charge in [0.05, 0.1) is 50.2 Å². The van der Waals surface area contributed by atoms with Crippen LogP contribution in [0, 0.1) is 20.8 Å². The number of benzene rings is 7. The average molecular weight is 616 g/mol. The highest BCUT2D eigenvalue weighted by atomic mass is 15.1. The van der Waals surface area contributed by atoms with Crippen LogP contribution in [0.3, 0.4) is 0 Å². The van der Waals surface area contributed by atoms with Crippen molar-refractivity contribution in [3.05, 3.63) is 162 Å². The Labute approximate surface area is 278 Å². The van der Waals surface area contributed by atoms with E-state index in [2.05, 4.69) is 180 Å². The first-order chi connectivity index (χ1) is 23.6. The lowest BCUT2D eigenvalue weighted by Crippen LogP contribution is -2.13. The maximum Gasteiger partial charge on any atom is 0.0562 e. The Balaban J connectivity index is 1.47. The predicted molar refractivity (Wildman–Crippen MR) is 204 cm³/mol. The van der Waals surface area contributed by atoms with Crippen LogP contribution in [0.4, 0.5) is 0 Å². The van der Waals surface area contributed by atoms with Gasteiger partial charge in [-0.25, -0.2) is 0 Å². The molecule has 0 N–H and O–H groups in total. The Bertz CT molecular complexity index is 2430. The lowest BCUT2D eigenvalue weighted by Gasteiger charge is -2.26. The summed E-state index contributed by atoms with van der Waals surface area (Å²) in [4.78, 5) is 0. The van der Waals surface area contributed by atoms with Crippen molar-refractivity contribution in [1.82, 2.24) is 13.7 Å². The molecule has 228 valence electrons. The third-order valence-corrected chi connectivity index (χ3v) is 10.5. The Morgan fingerprint density at radius 1 is 0.250 bits per heavy atom. The Morgan fingerprint density at radius 2 is 0.417 bits per heavy atom. The Morgan fingerprint density at radius 3 is 0.604 bits per heavy atom. The molecule has 0 aliphatic rings. The summed E-state index contributed by atoms with van der Waals surface area (Å²) < 4.78 is 7.55. The predicted octanol–water partition coefficient (Wildman–Crippen LogP) is 11.9. The zero-order valence-electron chi connectivity index (χ0n) is 27.2. The summed E-state index contributed by atoms with van der Waals surface area (Å²) in [6.45, 7) is 6.98. The minimum Gasteiger partial charge on any atom is -0.309 e. The Kier molecular flexibility index (Phi) is 5.63. The maximum absolute atomic E-state index is 2.52. The summed E-state index contributed by atoms with van der Waals surface area (Å²) in [5, 5.41) is 7.61. The smallest absolute Gasteiger partial charge is 0.0562 e. The van der Waals surface area contributed by atoms with E-state index in [1.807, 2.05) is 0 Å². The summed E-state index contributed by atoms with van der Waals surface area (Å²) in [5.41, 5.74) is 14.8. The number of nitrogens with zero attached hydrogens (tertiary/aromatic N) is 3. The largest absolute Gasteiger partial charge is 0.309 e. The van der Waals surface area contributed by atoms with E-state index in [9.17, 15) is 0 Å². The highest BCUT2D eigenvalue weighted by molar-refractivity contribution is 6.12. The summed E-state index contributed by atoms with van der Waals surface area (Å²) in [5.74, 6) is 0. The molecule has 0 aliphatic heterocycles. The second kappa shape index (κ2) is 9.97. The molecule has 10 rings (SSSR count). The first-order valence-corrected chi connectivity index (χ1v) is 16.7. The molecule has 0 radical (unpaired) electrons. The third-order valence-electron chi connectivity index (χ3n) is 10.5. The second-order valence-corrected chi connectivity index (χ2v) is 13.0. The van der Waals surface area contributed by atoms with E-state index in [0.29, 0.717) is 0 Å². The van der Waals surface area contributed by atoms with Gasteiger partial charge in [-0.2, -0.15) is 0 Å². The van der Waals surface area contributed by atoms with E-state index in [4.69, 9.17) is 0 Å². The van der Waals surface area contributed by atoms with Gasteiger partial charge in [-0.1, -0.05) is 109 Å². The van der Waals surface area contributed by atoms with Crippen LogP contribution in [0.1, 0.15) is 16.7 Å². The van der Waals surface area contributed by atoms with Crippen LogP contribution in [-0.4, -0.2) is 13.7 Å². The lowest BCUT2D eigenvalue weighted by atomic mass is 9.97. The molecule has 48 heavy (non-hydrogen) atoms. The molecule has 3 heteroatoms. The van der Waals surface area contributed by atoms with Crippen LogP contribution in [0.15, 0.2) is 146 Å². The van der Waals surface area contributed by atoms with Crippen LogP contribution in [-0.2, 0) is 0 Å². The van der Waals surface area contributed by atoms with Crippen molar-refractivity contribution in [3.63, 3.8) is 0 Å². The van der Waals surface area contributed by atoms with Gasteiger partial charge in [0.15, 0.2) is 0 Å². The molecule has 0 saturated heterocycles. The number of rotatable bonds is 3. The van der Waals surface area contributed by atoms with Crippen LogP contribution >= 0.6 is 0 Å². The molecule has 10 aromatic rings. The Hall–Kier alpha value is -6.06. The summed E-state index contributed by atoms with van der Waals surface area (Å²) >= 11 is 0. The summed E-state index contributed by atoms with van der Waals surface area (Å²) in [6.07, 6.45) is 0. The highest BCUT2D eigenvalue weighted by Crippen LogP contribution is 2.44. The SMILES string of the molecule is Cc1c(-n2c3ccccc3c3ccccc32)c(C)c(-n2c3ccccc3c3ccccc32)c(C)c1-n1c2ccccc2c2ccccc21. The topological polar surface area (TPSA) is 14.8 Å². The van der Waals surface area contributed by atoms with E-state index < -0.39 is 0 Å². The number of fused-ring (bicyclic) bond motifs is 9. The van der Waals surface area contributed by atoms with Crippen molar-refractivity contribution in [2.24, 2.45) is 0 Å². The standard InChI is InChI=1S/C45H33N3/c1-28-43(46-37-22-10-4-16-31(37)32-17-5-11-23-38(32)46)29(2)45(48-41-26-14-8-20-35(41)36-21-9-15-27-42(36)48)30(3)44(28)47-39-24-12-6-18-33(39)34-19-7-13-25-40(34)47/h4-27H,1-3H3. The fourth-order valence-corrected chi connectivity index (χ4v) is 8.68. The molecule has 0 atom stereocenters. The quantitative estimate of drug-likeness (QED) is 0.188. The number of para-hydroxylation sites is 6. The molecular formula is C45H33N3. The molecule has 3 aromatic heterocycles. The van der Waals surface area contributed by atoms with Gasteiger partial charge in [0.1, 0.15) is 0 Å². The molecule has 0 unspecified atom stereocenters. The van der Waals surface area contributed by atoms with Gasteiger partial charge >= 0.3 is 0 Å². The van der Waals surface area contributed by atoms with Gasteiger partial charge in [-0.05, 0) is 73.9 Å².